The van der Waals surface area contributed by atoms with Gasteiger partial charge in [-0.25, -0.2) is 0 Å². The summed E-state index contributed by atoms with van der Waals surface area (Å²) in [7, 11) is 0. The molecule has 0 saturated heterocycles. The molecule has 4 nitrogen and oxygen atoms in total. The molecule has 0 radical (unpaired) electrons. The van der Waals surface area contributed by atoms with Crippen molar-refractivity contribution in [2.24, 2.45) is 11.5 Å². The lowest BCUT2D eigenvalue weighted by molar-refractivity contribution is 0.266. The third kappa shape index (κ3) is 9.64. The molecule has 0 aliphatic heterocycles. The van der Waals surface area contributed by atoms with E-state index < -0.39 is 0 Å². The standard InChI is InChI=1S/C6H12N2O2S2/c7-5(9)11-3-1-2-4-12-6(8)10/h1-4H2,(H2,7,9)(H2,8,10). The van der Waals surface area contributed by atoms with Crippen molar-refractivity contribution in [1.29, 1.82) is 0 Å². The fraction of sp³-hybridized carbons (Fsp3) is 0.667. The molecule has 0 fully saturated rings. The van der Waals surface area contributed by atoms with Crippen molar-refractivity contribution in [2.75, 3.05) is 11.5 Å². The van der Waals surface area contributed by atoms with Gasteiger partial charge in [0.1, 0.15) is 0 Å². The number of primary amides is 2. The van der Waals surface area contributed by atoms with Gasteiger partial charge in [-0.05, 0) is 12.8 Å². The third-order valence-electron chi connectivity index (χ3n) is 1.03. The van der Waals surface area contributed by atoms with Crippen molar-refractivity contribution in [2.45, 2.75) is 12.8 Å². The van der Waals surface area contributed by atoms with Gasteiger partial charge in [-0.15, -0.1) is 0 Å². The largest absolute Gasteiger partial charge is 0.361 e. The second-order valence-corrected chi connectivity index (χ2v) is 4.24. The van der Waals surface area contributed by atoms with Gasteiger partial charge in [-0.3, -0.25) is 9.59 Å². The zero-order valence-electron chi connectivity index (χ0n) is 6.62. The van der Waals surface area contributed by atoms with Crippen molar-refractivity contribution in [1.82, 2.24) is 0 Å². The molecule has 0 unspecified atom stereocenters. The molecule has 0 atom stereocenters. The average Bonchev–Trinajstić information content (AvgIpc) is 1.95. The molecule has 0 aromatic carbocycles. The van der Waals surface area contributed by atoms with Gasteiger partial charge < -0.3 is 11.5 Å². The van der Waals surface area contributed by atoms with Gasteiger partial charge in [0.05, 0.1) is 0 Å². The van der Waals surface area contributed by atoms with Gasteiger partial charge in [0.25, 0.3) is 10.5 Å². The van der Waals surface area contributed by atoms with Crippen LogP contribution in [0.15, 0.2) is 0 Å². The van der Waals surface area contributed by atoms with Crippen LogP contribution in [0.3, 0.4) is 0 Å². The Morgan fingerprint density at radius 1 is 0.917 bits per heavy atom. The molecular weight excluding hydrogens is 196 g/mol. The van der Waals surface area contributed by atoms with Crippen LogP contribution < -0.4 is 11.5 Å². The lowest BCUT2D eigenvalue weighted by atomic mass is 10.4. The molecule has 4 N–H and O–H groups in total. The molecule has 0 bridgehead atoms. The minimum atomic E-state index is -0.349. The van der Waals surface area contributed by atoms with Gasteiger partial charge in [0.15, 0.2) is 0 Å². The summed E-state index contributed by atoms with van der Waals surface area (Å²) in [6.07, 6.45) is 1.77. The second-order valence-electron chi connectivity index (χ2n) is 2.04. The highest BCUT2D eigenvalue weighted by Crippen LogP contribution is 2.08. The monoisotopic (exact) mass is 208 g/mol. The van der Waals surface area contributed by atoms with E-state index in [4.69, 9.17) is 11.5 Å². The van der Waals surface area contributed by atoms with E-state index in [1.807, 2.05) is 0 Å². The van der Waals surface area contributed by atoms with Gasteiger partial charge in [0, 0.05) is 11.5 Å². The highest BCUT2D eigenvalue weighted by atomic mass is 32.2. The summed E-state index contributed by atoms with van der Waals surface area (Å²) in [5.41, 5.74) is 9.80. The third-order valence-corrected chi connectivity index (χ3v) is 2.58. The van der Waals surface area contributed by atoms with Crippen LogP contribution in [0.1, 0.15) is 12.8 Å². The first kappa shape index (κ1) is 11.6. The number of hydrogen-bond donors (Lipinski definition) is 2. The number of nitrogens with two attached hydrogens (primary N) is 2. The Bertz CT molecular complexity index is 146. The minimum absolute atomic E-state index is 0.349. The predicted octanol–water partition coefficient (Wildman–Crippen LogP) is 1.39. The summed E-state index contributed by atoms with van der Waals surface area (Å²) < 4.78 is 0. The van der Waals surface area contributed by atoms with E-state index in [-0.39, 0.29) is 10.5 Å². The highest BCUT2D eigenvalue weighted by molar-refractivity contribution is 8.13. The molecule has 0 aliphatic rings. The molecule has 0 spiro atoms. The van der Waals surface area contributed by atoms with E-state index in [1.54, 1.807) is 0 Å². The van der Waals surface area contributed by atoms with E-state index in [0.717, 1.165) is 36.4 Å². The highest BCUT2D eigenvalue weighted by Gasteiger charge is 1.96. The zero-order chi connectivity index (χ0) is 9.40. The molecule has 0 heterocycles. The molecule has 0 aromatic heterocycles. The fourth-order valence-electron chi connectivity index (χ4n) is 0.550. The summed E-state index contributed by atoms with van der Waals surface area (Å²) in [5.74, 6) is 1.43. The fourth-order valence-corrected chi connectivity index (χ4v) is 1.65. The number of carbonyl (C=O) groups excluding carboxylic acids is 2. The number of unbranched alkanes of at least 4 members (excludes halogenated alkanes) is 1. The Morgan fingerprint density at radius 3 is 1.50 bits per heavy atom. The summed E-state index contributed by atoms with van der Waals surface area (Å²) in [6.45, 7) is 0. The first-order valence-corrected chi connectivity index (χ1v) is 5.44. The maximum absolute atomic E-state index is 10.2. The Kier molecular flexibility index (Phi) is 7.08. The Balaban J connectivity index is 3.01. The average molecular weight is 208 g/mol. The van der Waals surface area contributed by atoms with E-state index in [0.29, 0.717) is 11.5 Å². The van der Waals surface area contributed by atoms with Crippen molar-refractivity contribution >= 4 is 34.0 Å². The number of rotatable bonds is 5. The molecule has 0 saturated carbocycles. The van der Waals surface area contributed by atoms with Crippen LogP contribution in [-0.2, 0) is 0 Å². The SMILES string of the molecule is NC(=O)SCCCCSC(N)=O. The first-order chi connectivity index (χ1) is 5.63. The smallest absolute Gasteiger partial charge is 0.276 e. The molecule has 0 aliphatic carbocycles. The van der Waals surface area contributed by atoms with Crippen LogP contribution in [0.2, 0.25) is 0 Å². The van der Waals surface area contributed by atoms with Crippen molar-refractivity contribution < 1.29 is 9.59 Å². The zero-order valence-corrected chi connectivity index (χ0v) is 8.25. The molecular formula is C6H12N2O2S2. The summed E-state index contributed by atoms with van der Waals surface area (Å²) in [4.78, 5) is 20.5. The molecule has 0 aromatic rings. The van der Waals surface area contributed by atoms with Crippen LogP contribution in [0, 0.1) is 0 Å². The molecule has 70 valence electrons. The summed E-state index contributed by atoms with van der Waals surface area (Å²) in [5, 5.41) is -0.699. The quantitative estimate of drug-likeness (QED) is 0.668. The number of amides is 2. The normalized spacial score (nSPS) is 9.67. The lowest BCUT2D eigenvalue weighted by Crippen LogP contribution is -2.04. The van der Waals surface area contributed by atoms with Crippen LogP contribution in [0.25, 0.3) is 0 Å². The Labute approximate surface area is 79.8 Å². The van der Waals surface area contributed by atoms with Crippen molar-refractivity contribution in [3.63, 3.8) is 0 Å². The Hall–Kier alpha value is -0.360. The van der Waals surface area contributed by atoms with Gasteiger partial charge >= 0.3 is 0 Å². The van der Waals surface area contributed by atoms with E-state index in [9.17, 15) is 9.59 Å². The minimum Gasteiger partial charge on any atom is -0.361 e. The molecule has 0 rings (SSSR count). The topological polar surface area (TPSA) is 86.2 Å². The summed E-state index contributed by atoms with van der Waals surface area (Å²) in [6, 6.07) is 0. The van der Waals surface area contributed by atoms with Crippen LogP contribution >= 0.6 is 23.5 Å². The van der Waals surface area contributed by atoms with E-state index in [2.05, 4.69) is 0 Å². The molecule has 6 heteroatoms. The number of hydrogen-bond acceptors (Lipinski definition) is 4. The Morgan fingerprint density at radius 2 is 1.25 bits per heavy atom. The van der Waals surface area contributed by atoms with Gasteiger partial charge in [0.2, 0.25) is 0 Å². The number of thioether (sulfide) groups is 2. The van der Waals surface area contributed by atoms with Crippen LogP contribution in [0.5, 0.6) is 0 Å². The van der Waals surface area contributed by atoms with E-state index >= 15 is 0 Å². The van der Waals surface area contributed by atoms with Crippen molar-refractivity contribution in [3.8, 4) is 0 Å². The lowest BCUT2D eigenvalue weighted by Gasteiger charge is -1.96. The summed E-state index contributed by atoms with van der Waals surface area (Å²) >= 11 is 2.21. The van der Waals surface area contributed by atoms with Crippen molar-refractivity contribution in [3.05, 3.63) is 0 Å². The maximum atomic E-state index is 10.2. The first-order valence-electron chi connectivity index (χ1n) is 3.47. The predicted molar refractivity (Wildman–Crippen MR) is 53.3 cm³/mol. The van der Waals surface area contributed by atoms with Crippen LogP contribution in [0.4, 0.5) is 9.59 Å². The molecule has 12 heavy (non-hydrogen) atoms. The van der Waals surface area contributed by atoms with Gasteiger partial charge in [-0.2, -0.15) is 0 Å². The van der Waals surface area contributed by atoms with Crippen LogP contribution in [-0.4, -0.2) is 22.0 Å². The van der Waals surface area contributed by atoms with E-state index in [1.165, 1.54) is 0 Å². The molecule has 2 amide bonds. The second kappa shape index (κ2) is 7.30. The van der Waals surface area contributed by atoms with Gasteiger partial charge in [-0.1, -0.05) is 23.5 Å². The number of carbonyl (C=O) groups is 2. The maximum Gasteiger partial charge on any atom is 0.276 e.